The van der Waals surface area contributed by atoms with Crippen molar-refractivity contribution in [3.05, 3.63) is 75.9 Å². The number of nitrogens with one attached hydrogen (secondary N) is 2. The molecule has 0 spiro atoms. The Morgan fingerprint density at radius 3 is 2.55 bits per heavy atom. The van der Waals surface area contributed by atoms with Crippen LogP contribution in [0, 0.1) is 0 Å². The first-order valence-electron chi connectivity index (χ1n) is 7.05. The Kier molecular flexibility index (Phi) is 5.32. The fourth-order valence-corrected chi connectivity index (χ4v) is 4.17. The molecule has 114 valence electrons. The number of benzene rings is 2. The van der Waals surface area contributed by atoms with Crippen molar-refractivity contribution < 1.29 is 0 Å². The molecule has 2 aromatic carbocycles. The molecule has 0 saturated carbocycles. The van der Waals surface area contributed by atoms with Gasteiger partial charge in [0.15, 0.2) is 0 Å². The van der Waals surface area contributed by atoms with Crippen LogP contribution in [0.1, 0.15) is 17.3 Å². The van der Waals surface area contributed by atoms with Crippen LogP contribution in [0.25, 0.3) is 0 Å². The van der Waals surface area contributed by atoms with Crippen molar-refractivity contribution in [2.24, 2.45) is 0 Å². The van der Waals surface area contributed by atoms with Crippen molar-refractivity contribution in [2.45, 2.75) is 16.8 Å². The summed E-state index contributed by atoms with van der Waals surface area (Å²) in [6.07, 6.45) is 4.19. The Bertz CT molecular complexity index is 668. The predicted molar refractivity (Wildman–Crippen MR) is 95.5 cm³/mol. The lowest BCUT2D eigenvalue weighted by molar-refractivity contribution is 0.491. The molecular weight excluding hydrogens is 335 g/mol. The molecule has 0 bridgehead atoms. The third-order valence-corrected chi connectivity index (χ3v) is 5.31. The minimum atomic E-state index is 0.135. The van der Waals surface area contributed by atoms with E-state index in [4.69, 9.17) is 23.2 Å². The number of hydrogen-bond acceptors (Lipinski definition) is 3. The Labute approximate surface area is 144 Å². The first-order chi connectivity index (χ1) is 10.8. The summed E-state index contributed by atoms with van der Waals surface area (Å²) in [5.74, 6) is 0.748. The standard InChI is InChI=1S/C17H16Cl2N2S/c18-14-6-3-7-15(19)13(14)11-22-16-8-2-1-5-12(16)17-20-9-4-10-21-17/h1-9,17,20-21H,10-11H2. The normalized spacial score (nSPS) is 17.3. The molecule has 0 aliphatic carbocycles. The van der Waals surface area contributed by atoms with Gasteiger partial charge in [0.1, 0.15) is 6.17 Å². The van der Waals surface area contributed by atoms with Gasteiger partial charge in [0, 0.05) is 32.8 Å². The van der Waals surface area contributed by atoms with Crippen molar-refractivity contribution in [3.63, 3.8) is 0 Å². The molecule has 1 aliphatic rings. The molecule has 1 atom stereocenters. The van der Waals surface area contributed by atoms with Gasteiger partial charge < -0.3 is 5.32 Å². The lowest BCUT2D eigenvalue weighted by Gasteiger charge is -2.24. The topological polar surface area (TPSA) is 24.1 Å². The molecule has 2 N–H and O–H groups in total. The van der Waals surface area contributed by atoms with Crippen LogP contribution in [0.3, 0.4) is 0 Å². The largest absolute Gasteiger partial charge is 0.372 e. The third-order valence-electron chi connectivity index (χ3n) is 3.48. The van der Waals surface area contributed by atoms with E-state index >= 15 is 0 Å². The summed E-state index contributed by atoms with van der Waals surface area (Å²) in [4.78, 5) is 1.22. The zero-order chi connectivity index (χ0) is 15.4. The summed E-state index contributed by atoms with van der Waals surface area (Å²) in [7, 11) is 0. The monoisotopic (exact) mass is 350 g/mol. The zero-order valence-corrected chi connectivity index (χ0v) is 14.2. The van der Waals surface area contributed by atoms with Gasteiger partial charge in [-0.1, -0.05) is 53.5 Å². The van der Waals surface area contributed by atoms with E-state index in [0.717, 1.165) is 17.9 Å². The minimum absolute atomic E-state index is 0.135. The summed E-state index contributed by atoms with van der Waals surface area (Å²) in [5, 5.41) is 8.21. The fraction of sp³-hybridized carbons (Fsp3) is 0.176. The van der Waals surface area contributed by atoms with E-state index in [2.05, 4.69) is 41.0 Å². The van der Waals surface area contributed by atoms with Gasteiger partial charge in [-0.05, 0) is 30.0 Å². The SMILES string of the molecule is Clc1cccc(Cl)c1CSc1ccccc1C1NC=CCN1. The van der Waals surface area contributed by atoms with E-state index < -0.39 is 0 Å². The quantitative estimate of drug-likeness (QED) is 0.759. The van der Waals surface area contributed by atoms with Crippen LogP contribution in [0.5, 0.6) is 0 Å². The Morgan fingerprint density at radius 2 is 1.82 bits per heavy atom. The second-order valence-electron chi connectivity index (χ2n) is 4.94. The summed E-state index contributed by atoms with van der Waals surface area (Å²) in [6, 6.07) is 14.0. The minimum Gasteiger partial charge on any atom is -0.372 e. The van der Waals surface area contributed by atoms with Crippen LogP contribution in [0.15, 0.2) is 59.6 Å². The molecular formula is C17H16Cl2N2S. The van der Waals surface area contributed by atoms with E-state index in [1.54, 1.807) is 11.8 Å². The van der Waals surface area contributed by atoms with Crippen molar-refractivity contribution in [1.82, 2.24) is 10.6 Å². The van der Waals surface area contributed by atoms with Crippen LogP contribution in [0.4, 0.5) is 0 Å². The summed E-state index contributed by atoms with van der Waals surface area (Å²) in [6.45, 7) is 0.868. The molecule has 1 aliphatic heterocycles. The average molecular weight is 351 g/mol. The highest BCUT2D eigenvalue weighted by molar-refractivity contribution is 7.98. The van der Waals surface area contributed by atoms with Crippen molar-refractivity contribution in [2.75, 3.05) is 6.54 Å². The molecule has 0 radical (unpaired) electrons. The molecule has 22 heavy (non-hydrogen) atoms. The predicted octanol–water partition coefficient (Wildman–Crippen LogP) is 4.99. The molecule has 2 nitrogen and oxygen atoms in total. The van der Waals surface area contributed by atoms with Crippen LogP contribution in [0.2, 0.25) is 10.0 Å². The highest BCUT2D eigenvalue weighted by Gasteiger charge is 2.15. The first kappa shape index (κ1) is 15.8. The second kappa shape index (κ2) is 7.42. The van der Waals surface area contributed by atoms with Gasteiger partial charge in [-0.3, -0.25) is 5.32 Å². The van der Waals surface area contributed by atoms with Gasteiger partial charge in [-0.15, -0.1) is 11.8 Å². The number of thioether (sulfide) groups is 1. The summed E-state index contributed by atoms with van der Waals surface area (Å²) < 4.78 is 0. The van der Waals surface area contributed by atoms with Crippen molar-refractivity contribution in [3.8, 4) is 0 Å². The number of rotatable bonds is 4. The molecule has 0 saturated heterocycles. The Morgan fingerprint density at radius 1 is 1.05 bits per heavy atom. The van der Waals surface area contributed by atoms with Crippen LogP contribution in [-0.4, -0.2) is 6.54 Å². The molecule has 0 fully saturated rings. The van der Waals surface area contributed by atoms with Crippen molar-refractivity contribution in [1.29, 1.82) is 0 Å². The fourth-order valence-electron chi connectivity index (χ4n) is 2.34. The highest BCUT2D eigenvalue weighted by atomic mass is 35.5. The lowest BCUT2D eigenvalue weighted by Crippen LogP contribution is -2.35. The summed E-state index contributed by atoms with van der Waals surface area (Å²) >= 11 is 14.3. The van der Waals surface area contributed by atoms with Gasteiger partial charge in [-0.2, -0.15) is 0 Å². The second-order valence-corrected chi connectivity index (χ2v) is 6.77. The zero-order valence-electron chi connectivity index (χ0n) is 11.9. The molecule has 1 unspecified atom stereocenters. The maximum Gasteiger partial charge on any atom is 0.104 e. The maximum absolute atomic E-state index is 6.25. The van der Waals surface area contributed by atoms with Crippen molar-refractivity contribution >= 4 is 35.0 Å². The van der Waals surface area contributed by atoms with Gasteiger partial charge in [0.25, 0.3) is 0 Å². The van der Waals surface area contributed by atoms with E-state index in [9.17, 15) is 0 Å². The number of halogens is 2. The molecule has 5 heteroatoms. The average Bonchev–Trinajstić information content (AvgIpc) is 2.56. The van der Waals surface area contributed by atoms with Gasteiger partial charge in [0.2, 0.25) is 0 Å². The van der Waals surface area contributed by atoms with Crippen LogP contribution < -0.4 is 10.6 Å². The molecule has 2 aromatic rings. The van der Waals surface area contributed by atoms with Gasteiger partial charge in [0.05, 0.1) is 0 Å². The molecule has 0 amide bonds. The van der Waals surface area contributed by atoms with E-state index in [-0.39, 0.29) is 6.17 Å². The highest BCUT2D eigenvalue weighted by Crippen LogP contribution is 2.34. The van der Waals surface area contributed by atoms with E-state index in [1.807, 2.05) is 24.4 Å². The number of hydrogen-bond donors (Lipinski definition) is 2. The van der Waals surface area contributed by atoms with Gasteiger partial charge in [-0.25, -0.2) is 0 Å². The first-order valence-corrected chi connectivity index (χ1v) is 8.79. The molecule has 0 aromatic heterocycles. The summed E-state index contributed by atoms with van der Waals surface area (Å²) in [5.41, 5.74) is 2.22. The maximum atomic E-state index is 6.25. The Balaban J connectivity index is 1.79. The van der Waals surface area contributed by atoms with Gasteiger partial charge >= 0.3 is 0 Å². The lowest BCUT2D eigenvalue weighted by atomic mass is 10.1. The van der Waals surface area contributed by atoms with E-state index in [1.165, 1.54) is 10.5 Å². The van der Waals surface area contributed by atoms with Crippen LogP contribution >= 0.6 is 35.0 Å². The Hall–Kier alpha value is -1.13. The smallest absolute Gasteiger partial charge is 0.104 e. The van der Waals surface area contributed by atoms with E-state index in [0.29, 0.717) is 10.0 Å². The molecule has 3 rings (SSSR count). The third kappa shape index (κ3) is 3.61. The molecule has 1 heterocycles. The van der Waals surface area contributed by atoms with Crippen LogP contribution in [-0.2, 0) is 5.75 Å².